The number of imidazole rings is 1. The van der Waals surface area contributed by atoms with Gasteiger partial charge >= 0.3 is 5.97 Å². The number of aliphatic carboxylic acids is 1. The fourth-order valence-electron chi connectivity index (χ4n) is 1.83. The zero-order valence-corrected chi connectivity index (χ0v) is 12.7. The molecule has 0 aliphatic rings. The molecule has 1 aromatic rings. The first-order valence-corrected chi connectivity index (χ1v) is 8.41. The molecule has 1 aromatic heterocycles. The number of thioether (sulfide) groups is 2. The number of nitrogens with zero attached hydrogens (tertiary/aromatic N) is 2. The normalized spacial score (nSPS) is 12.6. The maximum absolute atomic E-state index is 10.7. The Labute approximate surface area is 117 Å². The van der Waals surface area contributed by atoms with Crippen LogP contribution in [-0.2, 0) is 11.2 Å². The van der Waals surface area contributed by atoms with Crippen molar-refractivity contribution in [1.29, 1.82) is 0 Å². The standard InChI is InChI=1S/C12H20N2O2S2/c1-4-9-6-13-12(18-8-11(15)16)14(9)10(5-2)7-17-3/h6,10H,4-5,7-8H2,1-3H3,(H,15,16). The summed E-state index contributed by atoms with van der Waals surface area (Å²) in [7, 11) is 0. The molecule has 1 unspecified atom stereocenters. The molecule has 0 aliphatic carbocycles. The van der Waals surface area contributed by atoms with Gasteiger partial charge in [-0.3, -0.25) is 4.79 Å². The predicted molar refractivity (Wildman–Crippen MR) is 77.7 cm³/mol. The van der Waals surface area contributed by atoms with Crippen molar-refractivity contribution in [2.24, 2.45) is 0 Å². The third kappa shape index (κ3) is 3.95. The van der Waals surface area contributed by atoms with Gasteiger partial charge in [0.15, 0.2) is 5.16 Å². The number of hydrogen-bond donors (Lipinski definition) is 1. The Balaban J connectivity index is 2.96. The maximum Gasteiger partial charge on any atom is 0.313 e. The molecule has 1 rings (SSSR count). The number of hydrogen-bond acceptors (Lipinski definition) is 4. The first-order chi connectivity index (χ1) is 8.63. The molecule has 0 radical (unpaired) electrons. The van der Waals surface area contributed by atoms with Gasteiger partial charge in [-0.15, -0.1) is 0 Å². The number of carbonyl (C=O) groups is 1. The lowest BCUT2D eigenvalue weighted by atomic mass is 10.2. The Morgan fingerprint density at radius 3 is 2.78 bits per heavy atom. The SMILES string of the molecule is CCc1cnc(SCC(=O)O)n1C(CC)CSC. The molecule has 102 valence electrons. The topological polar surface area (TPSA) is 55.1 Å². The molecule has 0 saturated heterocycles. The van der Waals surface area contributed by atoms with E-state index in [4.69, 9.17) is 5.11 Å². The zero-order chi connectivity index (χ0) is 13.5. The van der Waals surface area contributed by atoms with Gasteiger partial charge in [0.25, 0.3) is 0 Å². The molecule has 0 spiro atoms. The summed E-state index contributed by atoms with van der Waals surface area (Å²) in [5.41, 5.74) is 1.18. The van der Waals surface area contributed by atoms with Gasteiger partial charge in [-0.05, 0) is 19.1 Å². The molecular weight excluding hydrogens is 268 g/mol. The van der Waals surface area contributed by atoms with E-state index in [1.807, 2.05) is 18.0 Å². The van der Waals surface area contributed by atoms with E-state index < -0.39 is 5.97 Å². The lowest BCUT2D eigenvalue weighted by Crippen LogP contribution is -2.15. The lowest BCUT2D eigenvalue weighted by molar-refractivity contribution is -0.133. The van der Waals surface area contributed by atoms with E-state index in [0.717, 1.165) is 23.8 Å². The highest BCUT2D eigenvalue weighted by atomic mass is 32.2. The third-order valence-corrected chi connectivity index (χ3v) is 4.39. The largest absolute Gasteiger partial charge is 0.481 e. The van der Waals surface area contributed by atoms with Crippen molar-refractivity contribution >= 4 is 29.5 Å². The van der Waals surface area contributed by atoms with E-state index >= 15 is 0 Å². The molecule has 0 amide bonds. The average molecular weight is 288 g/mol. The predicted octanol–water partition coefficient (Wildman–Crippen LogP) is 2.94. The van der Waals surface area contributed by atoms with Crippen LogP contribution in [0.5, 0.6) is 0 Å². The van der Waals surface area contributed by atoms with Crippen molar-refractivity contribution in [3.8, 4) is 0 Å². The summed E-state index contributed by atoms with van der Waals surface area (Å²) in [6.07, 6.45) is 5.92. The highest BCUT2D eigenvalue weighted by Gasteiger charge is 2.17. The van der Waals surface area contributed by atoms with E-state index in [1.165, 1.54) is 17.5 Å². The number of carboxylic acid groups (broad SMARTS) is 1. The van der Waals surface area contributed by atoms with Crippen LogP contribution in [0.3, 0.4) is 0 Å². The molecule has 1 atom stereocenters. The van der Waals surface area contributed by atoms with E-state index in [0.29, 0.717) is 6.04 Å². The van der Waals surface area contributed by atoms with E-state index in [1.54, 1.807) is 0 Å². The minimum atomic E-state index is -0.800. The molecule has 4 nitrogen and oxygen atoms in total. The van der Waals surface area contributed by atoms with Crippen LogP contribution in [0, 0.1) is 0 Å². The van der Waals surface area contributed by atoms with Gasteiger partial charge in [-0.1, -0.05) is 25.6 Å². The van der Waals surface area contributed by atoms with Gasteiger partial charge in [-0.25, -0.2) is 4.98 Å². The Morgan fingerprint density at radius 2 is 2.28 bits per heavy atom. The molecule has 0 saturated carbocycles. The van der Waals surface area contributed by atoms with E-state index in [-0.39, 0.29) is 5.75 Å². The number of aromatic nitrogens is 2. The first-order valence-electron chi connectivity index (χ1n) is 6.03. The number of rotatable bonds is 8. The van der Waals surface area contributed by atoms with Crippen LogP contribution in [0.1, 0.15) is 32.0 Å². The Bertz CT molecular complexity index is 393. The van der Waals surface area contributed by atoms with Crippen molar-refractivity contribution < 1.29 is 9.90 Å². The van der Waals surface area contributed by atoms with Crippen LogP contribution in [0.15, 0.2) is 11.4 Å². The van der Waals surface area contributed by atoms with Crippen LogP contribution in [0.2, 0.25) is 0 Å². The summed E-state index contributed by atoms with van der Waals surface area (Å²) in [6, 6.07) is 0.397. The molecule has 0 aromatic carbocycles. The lowest BCUT2D eigenvalue weighted by Gasteiger charge is -2.20. The second kappa shape index (κ2) is 7.74. The summed E-state index contributed by atoms with van der Waals surface area (Å²) in [5, 5.41) is 9.60. The van der Waals surface area contributed by atoms with Crippen LogP contribution < -0.4 is 0 Å². The monoisotopic (exact) mass is 288 g/mol. The fraction of sp³-hybridized carbons (Fsp3) is 0.667. The highest BCUT2D eigenvalue weighted by molar-refractivity contribution is 7.99. The quantitative estimate of drug-likeness (QED) is 0.745. The summed E-state index contributed by atoms with van der Waals surface area (Å²) in [5.74, 6) is 0.293. The molecule has 0 bridgehead atoms. The second-order valence-electron chi connectivity index (χ2n) is 3.96. The van der Waals surface area contributed by atoms with Crippen molar-refractivity contribution in [2.45, 2.75) is 37.9 Å². The van der Waals surface area contributed by atoms with Gasteiger partial charge in [0, 0.05) is 23.7 Å². The van der Waals surface area contributed by atoms with Crippen LogP contribution in [0.25, 0.3) is 0 Å². The molecule has 1 N–H and O–H groups in total. The van der Waals surface area contributed by atoms with E-state index in [2.05, 4.69) is 29.7 Å². The van der Waals surface area contributed by atoms with Crippen molar-refractivity contribution in [2.75, 3.05) is 17.8 Å². The minimum absolute atomic E-state index is 0.0653. The fourth-order valence-corrected chi connectivity index (χ4v) is 3.38. The van der Waals surface area contributed by atoms with Gasteiger partial charge in [0.1, 0.15) is 0 Å². The molecule has 0 aliphatic heterocycles. The van der Waals surface area contributed by atoms with Crippen molar-refractivity contribution in [3.63, 3.8) is 0 Å². The Kier molecular flexibility index (Phi) is 6.63. The maximum atomic E-state index is 10.7. The Morgan fingerprint density at radius 1 is 1.56 bits per heavy atom. The first kappa shape index (κ1) is 15.4. The van der Waals surface area contributed by atoms with Crippen LogP contribution >= 0.6 is 23.5 Å². The highest BCUT2D eigenvalue weighted by Crippen LogP contribution is 2.27. The van der Waals surface area contributed by atoms with Gasteiger partial charge in [-0.2, -0.15) is 11.8 Å². The second-order valence-corrected chi connectivity index (χ2v) is 5.81. The smallest absolute Gasteiger partial charge is 0.313 e. The number of carboxylic acids is 1. The molecule has 18 heavy (non-hydrogen) atoms. The van der Waals surface area contributed by atoms with Crippen molar-refractivity contribution in [1.82, 2.24) is 9.55 Å². The summed E-state index contributed by atoms with van der Waals surface area (Å²) in [6.45, 7) is 4.26. The molecule has 1 heterocycles. The molecule has 0 fully saturated rings. The molecule has 6 heteroatoms. The van der Waals surface area contributed by atoms with Gasteiger partial charge in [0.2, 0.25) is 0 Å². The average Bonchev–Trinajstić information content (AvgIpc) is 2.76. The van der Waals surface area contributed by atoms with Crippen LogP contribution in [0.4, 0.5) is 0 Å². The minimum Gasteiger partial charge on any atom is -0.481 e. The van der Waals surface area contributed by atoms with Gasteiger partial charge < -0.3 is 9.67 Å². The number of aryl methyl sites for hydroxylation is 1. The van der Waals surface area contributed by atoms with E-state index in [9.17, 15) is 4.79 Å². The summed E-state index contributed by atoms with van der Waals surface area (Å²) < 4.78 is 2.21. The Hall–Kier alpha value is -0.620. The zero-order valence-electron chi connectivity index (χ0n) is 11.0. The molecular formula is C12H20N2O2S2. The van der Waals surface area contributed by atoms with Gasteiger partial charge in [0.05, 0.1) is 5.75 Å². The van der Waals surface area contributed by atoms with Crippen LogP contribution in [-0.4, -0.2) is 38.4 Å². The van der Waals surface area contributed by atoms with Crippen molar-refractivity contribution in [3.05, 3.63) is 11.9 Å². The third-order valence-electron chi connectivity index (χ3n) is 2.72. The summed E-state index contributed by atoms with van der Waals surface area (Å²) >= 11 is 3.11. The summed E-state index contributed by atoms with van der Waals surface area (Å²) in [4.78, 5) is 15.0.